The Hall–Kier alpha value is -1.14. The normalized spacial score (nSPS) is 18.5. The van der Waals surface area contributed by atoms with Crippen molar-refractivity contribution in [2.45, 2.75) is 43.9 Å². The fourth-order valence-electron chi connectivity index (χ4n) is 2.46. The van der Waals surface area contributed by atoms with Crippen LogP contribution in [0.1, 0.15) is 37.7 Å². The van der Waals surface area contributed by atoms with Crippen LogP contribution in [0.15, 0.2) is 17.0 Å². The largest absolute Gasteiger partial charge is 0.398 e. The smallest absolute Gasteiger partial charge is 0.246 e. The van der Waals surface area contributed by atoms with E-state index in [4.69, 9.17) is 5.73 Å². The molecule has 1 aromatic carbocycles. The van der Waals surface area contributed by atoms with Gasteiger partial charge in [0.15, 0.2) is 0 Å². The molecule has 0 spiro atoms. The third-order valence-corrected chi connectivity index (χ3v) is 5.67. The minimum Gasteiger partial charge on any atom is -0.398 e. The zero-order valence-electron chi connectivity index (χ0n) is 11.7. The van der Waals surface area contributed by atoms with Crippen molar-refractivity contribution in [2.75, 3.05) is 18.8 Å². The number of rotatable bonds is 2. The molecule has 0 bridgehead atoms. The van der Waals surface area contributed by atoms with Crippen LogP contribution in [0.4, 0.5) is 10.1 Å². The molecule has 0 amide bonds. The van der Waals surface area contributed by atoms with Gasteiger partial charge in [-0.1, -0.05) is 19.3 Å². The SMILES string of the molecule is Cc1cc(F)c(S(=O)(=O)N2CCCCCCC2)cc1N. The van der Waals surface area contributed by atoms with Crippen LogP contribution >= 0.6 is 0 Å². The maximum Gasteiger partial charge on any atom is 0.246 e. The van der Waals surface area contributed by atoms with E-state index in [0.717, 1.165) is 32.1 Å². The molecule has 112 valence electrons. The van der Waals surface area contributed by atoms with Gasteiger partial charge in [0.05, 0.1) is 0 Å². The number of halogens is 1. The van der Waals surface area contributed by atoms with Gasteiger partial charge in [-0.05, 0) is 37.5 Å². The summed E-state index contributed by atoms with van der Waals surface area (Å²) in [6, 6.07) is 2.42. The fraction of sp³-hybridized carbons (Fsp3) is 0.571. The highest BCUT2D eigenvalue weighted by molar-refractivity contribution is 7.89. The van der Waals surface area contributed by atoms with E-state index in [0.29, 0.717) is 24.3 Å². The Balaban J connectivity index is 2.35. The molecule has 0 aliphatic carbocycles. The maximum absolute atomic E-state index is 14.0. The Morgan fingerprint density at radius 1 is 1.10 bits per heavy atom. The molecule has 2 rings (SSSR count). The maximum atomic E-state index is 14.0. The third kappa shape index (κ3) is 3.12. The highest BCUT2D eigenvalue weighted by Crippen LogP contribution is 2.26. The average Bonchev–Trinajstić information content (AvgIpc) is 2.32. The van der Waals surface area contributed by atoms with E-state index in [1.165, 1.54) is 16.4 Å². The Morgan fingerprint density at radius 3 is 2.25 bits per heavy atom. The molecule has 4 nitrogen and oxygen atoms in total. The van der Waals surface area contributed by atoms with Crippen LogP contribution in [-0.4, -0.2) is 25.8 Å². The lowest BCUT2D eigenvalue weighted by Crippen LogP contribution is -2.34. The number of anilines is 1. The minimum atomic E-state index is -3.79. The van der Waals surface area contributed by atoms with E-state index in [1.54, 1.807) is 6.92 Å². The lowest BCUT2D eigenvalue weighted by Gasteiger charge is -2.24. The van der Waals surface area contributed by atoms with Crippen molar-refractivity contribution in [1.29, 1.82) is 0 Å². The van der Waals surface area contributed by atoms with Crippen molar-refractivity contribution >= 4 is 15.7 Å². The summed E-state index contributed by atoms with van der Waals surface area (Å²) >= 11 is 0. The molecular weight excluding hydrogens is 279 g/mol. The second-order valence-corrected chi connectivity index (χ2v) is 7.22. The summed E-state index contributed by atoms with van der Waals surface area (Å²) in [5, 5.41) is 0. The molecule has 0 saturated carbocycles. The zero-order chi connectivity index (χ0) is 14.8. The zero-order valence-corrected chi connectivity index (χ0v) is 12.5. The molecule has 1 aliphatic rings. The molecule has 1 aliphatic heterocycles. The number of hydrogen-bond donors (Lipinski definition) is 1. The average molecular weight is 300 g/mol. The molecule has 1 heterocycles. The van der Waals surface area contributed by atoms with Crippen LogP contribution in [0.5, 0.6) is 0 Å². The number of nitrogens with two attached hydrogens (primary N) is 1. The minimum absolute atomic E-state index is 0.303. The monoisotopic (exact) mass is 300 g/mol. The molecule has 2 N–H and O–H groups in total. The second kappa shape index (κ2) is 6.10. The Bertz CT molecular complexity index is 579. The van der Waals surface area contributed by atoms with Gasteiger partial charge in [0, 0.05) is 18.8 Å². The molecule has 0 atom stereocenters. The number of nitrogen functional groups attached to an aromatic ring is 1. The van der Waals surface area contributed by atoms with Crippen molar-refractivity contribution in [1.82, 2.24) is 4.31 Å². The van der Waals surface area contributed by atoms with Crippen LogP contribution in [0.2, 0.25) is 0 Å². The first-order valence-electron chi connectivity index (χ1n) is 6.98. The molecule has 1 fully saturated rings. The quantitative estimate of drug-likeness (QED) is 0.854. The molecule has 6 heteroatoms. The number of benzene rings is 1. The molecule has 0 unspecified atom stereocenters. The van der Waals surface area contributed by atoms with E-state index in [9.17, 15) is 12.8 Å². The van der Waals surface area contributed by atoms with Crippen molar-refractivity contribution in [3.05, 3.63) is 23.5 Å². The van der Waals surface area contributed by atoms with Gasteiger partial charge in [-0.2, -0.15) is 4.31 Å². The molecule has 20 heavy (non-hydrogen) atoms. The summed E-state index contributed by atoms with van der Waals surface area (Å²) in [5.41, 5.74) is 6.57. The van der Waals surface area contributed by atoms with Gasteiger partial charge in [0.25, 0.3) is 0 Å². The first-order chi connectivity index (χ1) is 9.43. The predicted molar refractivity (Wildman–Crippen MR) is 77.4 cm³/mol. The van der Waals surface area contributed by atoms with E-state index in [-0.39, 0.29) is 4.90 Å². The Kier molecular flexibility index (Phi) is 4.65. The van der Waals surface area contributed by atoms with Gasteiger partial charge in [0.1, 0.15) is 10.7 Å². The van der Waals surface area contributed by atoms with Crippen LogP contribution < -0.4 is 5.73 Å². The molecule has 1 saturated heterocycles. The van der Waals surface area contributed by atoms with Crippen LogP contribution in [0, 0.1) is 12.7 Å². The van der Waals surface area contributed by atoms with Crippen molar-refractivity contribution in [2.24, 2.45) is 0 Å². The van der Waals surface area contributed by atoms with Gasteiger partial charge in [0.2, 0.25) is 10.0 Å². The van der Waals surface area contributed by atoms with Crippen molar-refractivity contribution in [3.8, 4) is 0 Å². The lowest BCUT2D eigenvalue weighted by atomic mass is 10.1. The summed E-state index contributed by atoms with van der Waals surface area (Å²) in [4.78, 5) is -0.304. The standard InChI is InChI=1S/C14H21FN2O2S/c1-11-9-12(15)14(10-13(11)16)20(18,19)17-7-5-3-2-4-6-8-17/h9-10H,2-8,16H2,1H3. The van der Waals surface area contributed by atoms with Crippen molar-refractivity contribution in [3.63, 3.8) is 0 Å². The summed E-state index contributed by atoms with van der Waals surface area (Å²) in [7, 11) is -3.79. The topological polar surface area (TPSA) is 63.4 Å². The number of sulfonamides is 1. The molecule has 0 radical (unpaired) electrons. The highest BCUT2D eigenvalue weighted by Gasteiger charge is 2.28. The Morgan fingerprint density at radius 2 is 1.65 bits per heavy atom. The van der Waals surface area contributed by atoms with E-state index < -0.39 is 15.8 Å². The highest BCUT2D eigenvalue weighted by atomic mass is 32.2. The first-order valence-corrected chi connectivity index (χ1v) is 8.42. The third-order valence-electron chi connectivity index (χ3n) is 3.75. The molecular formula is C14H21FN2O2S. The number of nitrogens with zero attached hydrogens (tertiary/aromatic N) is 1. The Labute approximate surface area is 119 Å². The lowest BCUT2D eigenvalue weighted by molar-refractivity contribution is 0.362. The van der Waals surface area contributed by atoms with Gasteiger partial charge >= 0.3 is 0 Å². The summed E-state index contributed by atoms with van der Waals surface area (Å²) in [6.07, 6.45) is 4.82. The predicted octanol–water partition coefficient (Wildman–Crippen LogP) is 2.67. The number of hydrogen-bond acceptors (Lipinski definition) is 3. The summed E-state index contributed by atoms with van der Waals surface area (Å²) in [5.74, 6) is -0.723. The molecule has 0 aromatic heterocycles. The van der Waals surface area contributed by atoms with Gasteiger partial charge in [-0.25, -0.2) is 12.8 Å². The van der Waals surface area contributed by atoms with Gasteiger partial charge in [-0.15, -0.1) is 0 Å². The summed E-state index contributed by atoms with van der Waals surface area (Å²) < 4.78 is 40.5. The summed E-state index contributed by atoms with van der Waals surface area (Å²) in [6.45, 7) is 2.57. The van der Waals surface area contributed by atoms with E-state index >= 15 is 0 Å². The van der Waals surface area contributed by atoms with Crippen molar-refractivity contribution < 1.29 is 12.8 Å². The second-order valence-electron chi connectivity index (χ2n) is 5.31. The van der Waals surface area contributed by atoms with Gasteiger partial charge < -0.3 is 5.73 Å². The fourth-order valence-corrected chi connectivity index (χ4v) is 4.06. The van der Waals surface area contributed by atoms with E-state index in [1.807, 2.05) is 0 Å². The molecule has 1 aromatic rings. The van der Waals surface area contributed by atoms with Crippen LogP contribution in [0.3, 0.4) is 0 Å². The van der Waals surface area contributed by atoms with Crippen LogP contribution in [-0.2, 0) is 10.0 Å². The number of aryl methyl sites for hydroxylation is 1. The van der Waals surface area contributed by atoms with Crippen LogP contribution in [0.25, 0.3) is 0 Å². The first kappa shape index (κ1) is 15.3. The van der Waals surface area contributed by atoms with E-state index in [2.05, 4.69) is 0 Å². The van der Waals surface area contributed by atoms with Gasteiger partial charge in [-0.3, -0.25) is 0 Å².